The highest BCUT2D eigenvalue weighted by Gasteiger charge is 2.36. The minimum absolute atomic E-state index is 0.266. The van der Waals surface area contributed by atoms with Crippen LogP contribution in [0.4, 0.5) is 10.1 Å². The normalized spacial score (nSPS) is 17.0. The van der Waals surface area contributed by atoms with E-state index in [0.717, 1.165) is 9.27 Å². The number of amides is 1. The summed E-state index contributed by atoms with van der Waals surface area (Å²) in [7, 11) is 1.55. The van der Waals surface area contributed by atoms with Crippen LogP contribution in [0.3, 0.4) is 0 Å². The Hall–Kier alpha value is -1.94. The predicted octanol–water partition coefficient (Wildman–Crippen LogP) is 1.68. The summed E-state index contributed by atoms with van der Waals surface area (Å²) in [5, 5.41) is 4.18. The number of likely N-dealkylation sites (N-methyl/N-ethyl adjacent to an activating group) is 1. The SMILES string of the molecule is CNC(=O)C1=C[N+]2C=NC=C2CN1Nc1ccc(I)cc1F. The van der Waals surface area contributed by atoms with Gasteiger partial charge >= 0.3 is 0 Å². The van der Waals surface area contributed by atoms with Gasteiger partial charge in [0.2, 0.25) is 12.0 Å². The molecular formula is C14H13FIN5O+. The highest BCUT2D eigenvalue weighted by atomic mass is 127. The Labute approximate surface area is 140 Å². The van der Waals surface area contributed by atoms with E-state index >= 15 is 0 Å². The molecule has 2 aliphatic heterocycles. The number of fused-ring (bicyclic) bond motifs is 1. The van der Waals surface area contributed by atoms with Gasteiger partial charge in [-0.3, -0.25) is 15.2 Å². The monoisotopic (exact) mass is 413 g/mol. The molecule has 2 heterocycles. The molecule has 2 N–H and O–H groups in total. The van der Waals surface area contributed by atoms with Crippen LogP contribution in [0.2, 0.25) is 0 Å². The first kappa shape index (κ1) is 15.0. The van der Waals surface area contributed by atoms with Gasteiger partial charge in [0.05, 0.1) is 11.9 Å². The molecule has 0 aromatic heterocycles. The van der Waals surface area contributed by atoms with E-state index in [1.807, 2.05) is 22.6 Å². The van der Waals surface area contributed by atoms with Crippen LogP contribution in [0, 0.1) is 9.39 Å². The van der Waals surface area contributed by atoms with E-state index in [-0.39, 0.29) is 11.7 Å². The van der Waals surface area contributed by atoms with Gasteiger partial charge in [0.25, 0.3) is 5.91 Å². The third-order valence-electron chi connectivity index (χ3n) is 3.26. The molecule has 0 fully saturated rings. The number of hydrogen-bond acceptors (Lipinski definition) is 5. The first-order chi connectivity index (χ1) is 10.6. The van der Waals surface area contributed by atoms with Crippen molar-refractivity contribution >= 4 is 40.5 Å². The van der Waals surface area contributed by atoms with Crippen molar-refractivity contribution in [3.05, 3.63) is 51.4 Å². The van der Waals surface area contributed by atoms with Crippen LogP contribution in [-0.2, 0) is 4.79 Å². The summed E-state index contributed by atoms with van der Waals surface area (Å²) in [6.45, 7) is 0.394. The molecule has 0 atom stereocenters. The van der Waals surface area contributed by atoms with Crippen LogP contribution in [0.25, 0.3) is 0 Å². The van der Waals surface area contributed by atoms with Crippen molar-refractivity contribution in [1.82, 2.24) is 15.2 Å². The lowest BCUT2D eigenvalue weighted by molar-refractivity contribution is -0.118. The summed E-state index contributed by atoms with van der Waals surface area (Å²) in [4.78, 5) is 17.9. The number of aliphatic imine (C=N–C) groups is 1. The van der Waals surface area contributed by atoms with Crippen molar-refractivity contribution in [2.75, 3.05) is 19.0 Å². The topological polar surface area (TPSA) is 62.6 Å². The molecule has 0 aliphatic carbocycles. The van der Waals surface area contributed by atoms with E-state index in [4.69, 9.17) is 0 Å². The molecule has 0 spiro atoms. The second-order valence-corrected chi connectivity index (χ2v) is 5.95. The molecule has 2 aliphatic rings. The summed E-state index contributed by atoms with van der Waals surface area (Å²) < 4.78 is 14.8. The lowest BCUT2D eigenvalue weighted by atomic mass is 10.2. The average molecular weight is 413 g/mol. The van der Waals surface area contributed by atoms with E-state index in [1.54, 1.807) is 47.8 Å². The smallest absolute Gasteiger partial charge is 0.274 e. The standard InChI is InChI=1S/C14H13FIN5O/c1-17-14(22)13-7-20-8-18-5-10(20)6-21(13)19-12-3-2-9(16)4-11(12)15/h2-5,7-8,19H,6H2,1H3,(H,17,22)/q+1. The summed E-state index contributed by atoms with van der Waals surface area (Å²) in [6, 6.07) is 4.87. The molecule has 0 bridgehead atoms. The van der Waals surface area contributed by atoms with Gasteiger partial charge in [-0.15, -0.1) is 0 Å². The Balaban J connectivity index is 1.90. The third-order valence-corrected chi connectivity index (χ3v) is 3.94. The molecule has 22 heavy (non-hydrogen) atoms. The molecule has 113 valence electrons. The number of halogens is 2. The van der Waals surface area contributed by atoms with Crippen molar-refractivity contribution in [3.63, 3.8) is 0 Å². The number of benzene rings is 1. The molecule has 6 nitrogen and oxygen atoms in total. The Morgan fingerprint density at radius 1 is 1.50 bits per heavy atom. The third kappa shape index (κ3) is 2.83. The molecule has 1 aromatic carbocycles. The number of carbonyl (C=O) groups excluding carboxylic acids is 1. The van der Waals surface area contributed by atoms with Gasteiger partial charge in [-0.25, -0.2) is 9.38 Å². The minimum atomic E-state index is -0.373. The van der Waals surface area contributed by atoms with Crippen molar-refractivity contribution in [2.24, 2.45) is 4.99 Å². The van der Waals surface area contributed by atoms with Crippen molar-refractivity contribution < 1.29 is 9.18 Å². The predicted molar refractivity (Wildman–Crippen MR) is 90.3 cm³/mol. The lowest BCUT2D eigenvalue weighted by Crippen LogP contribution is -2.45. The molecule has 1 aromatic rings. The van der Waals surface area contributed by atoms with E-state index in [0.29, 0.717) is 17.9 Å². The molecule has 0 saturated heterocycles. The number of rotatable bonds is 3. The average Bonchev–Trinajstić information content (AvgIpc) is 2.95. The summed E-state index contributed by atoms with van der Waals surface area (Å²) >= 11 is 2.04. The highest BCUT2D eigenvalue weighted by molar-refractivity contribution is 14.1. The first-order valence-corrected chi connectivity index (χ1v) is 7.60. The van der Waals surface area contributed by atoms with E-state index in [1.165, 1.54) is 6.07 Å². The van der Waals surface area contributed by atoms with Crippen LogP contribution in [0.1, 0.15) is 0 Å². The van der Waals surface area contributed by atoms with Crippen LogP contribution >= 0.6 is 22.6 Å². The molecule has 0 saturated carbocycles. The van der Waals surface area contributed by atoms with Crippen LogP contribution in [0.5, 0.6) is 0 Å². The van der Waals surface area contributed by atoms with E-state index in [2.05, 4.69) is 15.7 Å². The van der Waals surface area contributed by atoms with Crippen LogP contribution in [0.15, 0.2) is 47.0 Å². The fourth-order valence-electron chi connectivity index (χ4n) is 2.15. The van der Waals surface area contributed by atoms with Crippen molar-refractivity contribution in [1.29, 1.82) is 0 Å². The Kier molecular flexibility index (Phi) is 4.12. The Bertz CT molecular complexity index is 715. The maximum absolute atomic E-state index is 14.0. The summed E-state index contributed by atoms with van der Waals surface area (Å²) in [5.74, 6) is -0.639. The van der Waals surface area contributed by atoms with Gasteiger partial charge in [0, 0.05) is 10.6 Å². The van der Waals surface area contributed by atoms with Crippen molar-refractivity contribution in [2.45, 2.75) is 0 Å². The molecule has 1 amide bonds. The fourth-order valence-corrected chi connectivity index (χ4v) is 2.61. The number of anilines is 1. The lowest BCUT2D eigenvalue weighted by Gasteiger charge is -2.29. The second-order valence-electron chi connectivity index (χ2n) is 4.71. The largest absolute Gasteiger partial charge is 0.354 e. The summed E-state index contributed by atoms with van der Waals surface area (Å²) in [5.41, 5.74) is 4.54. The quantitative estimate of drug-likeness (QED) is 0.586. The van der Waals surface area contributed by atoms with Gasteiger partial charge < -0.3 is 5.32 Å². The van der Waals surface area contributed by atoms with E-state index in [9.17, 15) is 9.18 Å². The zero-order valence-electron chi connectivity index (χ0n) is 11.7. The molecular weight excluding hydrogens is 400 g/mol. The highest BCUT2D eigenvalue weighted by Crippen LogP contribution is 2.23. The van der Waals surface area contributed by atoms with Crippen molar-refractivity contribution in [3.8, 4) is 0 Å². The van der Waals surface area contributed by atoms with Gasteiger partial charge in [-0.1, -0.05) is 4.90 Å². The molecule has 8 heteroatoms. The fraction of sp³-hybridized carbons (Fsp3) is 0.143. The Morgan fingerprint density at radius 2 is 2.32 bits per heavy atom. The van der Waals surface area contributed by atoms with Crippen LogP contribution in [-0.4, -0.2) is 30.8 Å². The number of carbonyl (C=O) groups is 1. The summed E-state index contributed by atoms with van der Waals surface area (Å²) in [6.07, 6.45) is 4.99. The second kappa shape index (κ2) is 6.05. The Morgan fingerprint density at radius 3 is 3.05 bits per heavy atom. The molecule has 3 rings (SSSR count). The van der Waals surface area contributed by atoms with Gasteiger partial charge in [-0.2, -0.15) is 0 Å². The number of nitrogens with one attached hydrogen (secondary N) is 2. The van der Waals surface area contributed by atoms with Gasteiger partial charge in [0.15, 0.2) is 11.9 Å². The molecule has 1 radical (unpaired) electrons. The maximum atomic E-state index is 14.0. The number of nitrogens with zero attached hydrogens (tertiary/aromatic N) is 3. The number of hydrogen-bond donors (Lipinski definition) is 2. The van der Waals surface area contributed by atoms with Gasteiger partial charge in [-0.05, 0) is 40.8 Å². The maximum Gasteiger partial charge on any atom is 0.274 e. The zero-order valence-corrected chi connectivity index (χ0v) is 13.8. The van der Waals surface area contributed by atoms with Gasteiger partial charge in [0.1, 0.15) is 12.4 Å². The van der Waals surface area contributed by atoms with Crippen LogP contribution < -0.4 is 15.6 Å². The molecule has 0 unspecified atom stereocenters. The minimum Gasteiger partial charge on any atom is -0.354 e. The first-order valence-electron chi connectivity index (χ1n) is 6.52. The zero-order chi connectivity index (χ0) is 15.7. The number of hydrazine groups is 1. The van der Waals surface area contributed by atoms with E-state index < -0.39 is 0 Å².